The molecule has 0 saturated carbocycles. The van der Waals surface area contributed by atoms with Crippen LogP contribution >= 0.6 is 23.2 Å². The Morgan fingerprint density at radius 1 is 1.06 bits per heavy atom. The van der Waals surface area contributed by atoms with Gasteiger partial charge in [-0.3, -0.25) is 19.5 Å². The quantitative estimate of drug-likeness (QED) is 0.163. The molecule has 49 heavy (non-hydrogen) atoms. The molecule has 4 N–H and O–H groups in total. The molecule has 4 aromatic rings. The van der Waals surface area contributed by atoms with E-state index in [1.54, 1.807) is 50.7 Å². The summed E-state index contributed by atoms with van der Waals surface area (Å²) in [5.74, 6) is 0.646. The Hall–Kier alpha value is -4.33. The molecule has 0 radical (unpaired) electrons. The number of pyridine rings is 3. The molecule has 0 spiro atoms. The minimum atomic E-state index is -0.448. The van der Waals surface area contributed by atoms with E-state index in [-0.39, 0.29) is 28.8 Å². The van der Waals surface area contributed by atoms with Gasteiger partial charge in [0.15, 0.2) is 0 Å². The predicted molar refractivity (Wildman–Crippen MR) is 187 cm³/mol. The van der Waals surface area contributed by atoms with Gasteiger partial charge in [0, 0.05) is 73.6 Å². The summed E-state index contributed by atoms with van der Waals surface area (Å²) in [5.41, 5.74) is 4.37. The Morgan fingerprint density at radius 3 is 2.65 bits per heavy atom. The molecule has 2 fully saturated rings. The molecule has 0 unspecified atom stereocenters. The molecule has 2 aliphatic heterocycles. The van der Waals surface area contributed by atoms with Crippen LogP contribution in [0, 0.1) is 0 Å². The van der Waals surface area contributed by atoms with Gasteiger partial charge in [-0.2, -0.15) is 0 Å². The van der Waals surface area contributed by atoms with Crippen molar-refractivity contribution < 1.29 is 24.2 Å². The van der Waals surface area contributed by atoms with Gasteiger partial charge in [-0.15, -0.1) is 0 Å². The van der Waals surface area contributed by atoms with E-state index < -0.39 is 5.91 Å². The minimum absolute atomic E-state index is 0.0812. The molecule has 6 rings (SSSR count). The molecule has 12 nitrogen and oxygen atoms in total. The Morgan fingerprint density at radius 2 is 1.92 bits per heavy atom. The number of aromatic nitrogens is 3. The number of nitrogens with zero attached hydrogens (tertiary/aromatic N) is 4. The number of aliphatic hydroxyl groups is 1. The van der Waals surface area contributed by atoms with Crippen molar-refractivity contribution in [2.45, 2.75) is 44.5 Å². The summed E-state index contributed by atoms with van der Waals surface area (Å²) in [6.45, 7) is 3.00. The van der Waals surface area contributed by atoms with Crippen LogP contribution in [0.15, 0.2) is 54.9 Å². The summed E-state index contributed by atoms with van der Waals surface area (Å²) in [4.78, 5) is 40.5. The highest BCUT2D eigenvalue weighted by Crippen LogP contribution is 2.40. The zero-order valence-electron chi connectivity index (χ0n) is 27.1. The van der Waals surface area contributed by atoms with Crippen molar-refractivity contribution in [1.29, 1.82) is 0 Å². The predicted octanol–water partition coefficient (Wildman–Crippen LogP) is 4.72. The summed E-state index contributed by atoms with van der Waals surface area (Å²) in [6.07, 6.45) is 4.86. The second-order valence-electron chi connectivity index (χ2n) is 12.0. The van der Waals surface area contributed by atoms with E-state index in [2.05, 4.69) is 30.8 Å². The van der Waals surface area contributed by atoms with Crippen LogP contribution in [0.1, 0.15) is 40.9 Å². The van der Waals surface area contributed by atoms with Gasteiger partial charge in [-0.25, -0.2) is 9.97 Å². The maximum Gasteiger partial charge on any atom is 0.274 e. The van der Waals surface area contributed by atoms with Crippen molar-refractivity contribution in [2.24, 2.45) is 0 Å². The molecule has 3 aromatic heterocycles. The number of hydrogen-bond acceptors (Lipinski definition) is 10. The molecular formula is C35H37Cl2N7O5. The smallest absolute Gasteiger partial charge is 0.274 e. The molecule has 0 bridgehead atoms. The Balaban J connectivity index is 1.20. The maximum absolute atomic E-state index is 13.4. The molecule has 2 amide bonds. The van der Waals surface area contributed by atoms with Crippen LogP contribution in [0.3, 0.4) is 0 Å². The van der Waals surface area contributed by atoms with E-state index in [9.17, 15) is 14.7 Å². The van der Waals surface area contributed by atoms with Gasteiger partial charge < -0.3 is 30.5 Å². The molecule has 2 atom stereocenters. The lowest BCUT2D eigenvalue weighted by molar-refractivity contribution is -0.119. The number of halogens is 2. The van der Waals surface area contributed by atoms with Gasteiger partial charge in [0.25, 0.3) is 5.91 Å². The lowest BCUT2D eigenvalue weighted by atomic mass is 10.1. The highest BCUT2D eigenvalue weighted by atomic mass is 35.5. The third-order valence-corrected chi connectivity index (χ3v) is 9.42. The van der Waals surface area contributed by atoms with Crippen LogP contribution in [0.2, 0.25) is 10.0 Å². The summed E-state index contributed by atoms with van der Waals surface area (Å²) in [5, 5.41) is 19.7. The molecule has 2 aliphatic rings. The van der Waals surface area contributed by atoms with Gasteiger partial charge in [-0.05, 0) is 37.1 Å². The number of benzene rings is 1. The third kappa shape index (κ3) is 7.95. The fourth-order valence-electron chi connectivity index (χ4n) is 6.08. The number of rotatable bonds is 12. The van der Waals surface area contributed by atoms with Crippen LogP contribution in [-0.4, -0.2) is 82.8 Å². The lowest BCUT2D eigenvalue weighted by Gasteiger charge is -2.18. The SMILES string of the molecule is COc1cnc(C(=O)Nc2cccc(-c3nccc(-c4ccc(CNC[C@H]5CCC(=O)N5)c(OC)n4)c3Cl)c2Cl)cc1CN1CC[C@H](O)C1. The van der Waals surface area contributed by atoms with Crippen molar-refractivity contribution in [3.63, 3.8) is 0 Å². The van der Waals surface area contributed by atoms with Crippen LogP contribution in [0.5, 0.6) is 11.6 Å². The van der Waals surface area contributed by atoms with Gasteiger partial charge in [0.05, 0.1) is 53.6 Å². The second-order valence-corrected chi connectivity index (χ2v) is 12.8. The van der Waals surface area contributed by atoms with E-state index in [4.69, 9.17) is 37.7 Å². The van der Waals surface area contributed by atoms with Crippen LogP contribution < -0.4 is 25.4 Å². The molecule has 5 heterocycles. The third-order valence-electron chi connectivity index (χ3n) is 8.63. The minimum Gasteiger partial charge on any atom is -0.495 e. The van der Waals surface area contributed by atoms with Crippen molar-refractivity contribution in [3.8, 4) is 34.1 Å². The molecule has 2 saturated heterocycles. The first-order valence-electron chi connectivity index (χ1n) is 16.0. The standard InChI is InChI=1S/C35H37Cl2N7O5/c1-48-29-17-40-28(14-21(29)18-44-13-11-23(45)19-44)34(47)42-27-5-3-4-25(31(27)36)33-32(37)24(10-12-39-33)26-8-6-20(35(43-26)49-2)15-38-16-22-7-9-30(46)41-22/h3-6,8,10,12,14,17,22-23,38,45H,7,9,11,13,15-16,18-19H2,1-2H3,(H,41,46)(H,42,47)/t22-,23+/m1/s1. The number of methoxy groups -OCH3 is 2. The van der Waals surface area contributed by atoms with Crippen LogP contribution in [0.25, 0.3) is 22.5 Å². The molecule has 1 aromatic carbocycles. The topological polar surface area (TPSA) is 151 Å². The lowest BCUT2D eigenvalue weighted by Crippen LogP contribution is -2.35. The molecule has 0 aliphatic carbocycles. The monoisotopic (exact) mass is 705 g/mol. The zero-order valence-corrected chi connectivity index (χ0v) is 28.6. The largest absolute Gasteiger partial charge is 0.495 e. The van der Waals surface area contributed by atoms with Crippen LogP contribution in [0.4, 0.5) is 5.69 Å². The summed E-state index contributed by atoms with van der Waals surface area (Å²) in [6, 6.07) is 12.6. The van der Waals surface area contributed by atoms with Gasteiger partial charge in [0.1, 0.15) is 11.4 Å². The van der Waals surface area contributed by atoms with Gasteiger partial charge in [-0.1, -0.05) is 41.4 Å². The zero-order chi connectivity index (χ0) is 34.5. The van der Waals surface area contributed by atoms with E-state index in [0.717, 1.165) is 24.1 Å². The van der Waals surface area contributed by atoms with Crippen molar-refractivity contribution in [3.05, 3.63) is 81.7 Å². The maximum atomic E-state index is 13.4. The first-order chi connectivity index (χ1) is 23.7. The number of carbonyl (C=O) groups excluding carboxylic acids is 2. The van der Waals surface area contributed by atoms with E-state index >= 15 is 0 Å². The number of ether oxygens (including phenoxy) is 2. The number of nitrogens with one attached hydrogen (secondary N) is 3. The molecular weight excluding hydrogens is 669 g/mol. The van der Waals surface area contributed by atoms with Gasteiger partial charge >= 0.3 is 0 Å². The number of amides is 2. The Labute approximate surface area is 294 Å². The Kier molecular flexibility index (Phi) is 10.9. The van der Waals surface area contributed by atoms with E-state index in [1.165, 1.54) is 6.20 Å². The molecule has 256 valence electrons. The number of β-amino-alcohol motifs (C(OH)–C–C–N with tert-alkyl or cyclic N) is 1. The van der Waals surface area contributed by atoms with Crippen molar-refractivity contribution >= 4 is 40.7 Å². The van der Waals surface area contributed by atoms with Crippen molar-refractivity contribution in [2.75, 3.05) is 39.2 Å². The fraction of sp³-hybridized carbons (Fsp3) is 0.343. The van der Waals surface area contributed by atoms with Gasteiger partial charge in [0.2, 0.25) is 11.8 Å². The van der Waals surface area contributed by atoms with E-state index in [1.807, 2.05) is 12.1 Å². The van der Waals surface area contributed by atoms with Crippen molar-refractivity contribution in [1.82, 2.24) is 30.5 Å². The summed E-state index contributed by atoms with van der Waals surface area (Å²) in [7, 11) is 3.12. The van der Waals surface area contributed by atoms with E-state index in [0.29, 0.717) is 83.9 Å². The summed E-state index contributed by atoms with van der Waals surface area (Å²) >= 11 is 13.8. The normalized spacial score (nSPS) is 17.6. The highest BCUT2D eigenvalue weighted by molar-refractivity contribution is 6.39. The fourth-order valence-corrected chi connectivity index (χ4v) is 6.66. The second kappa shape index (κ2) is 15.5. The summed E-state index contributed by atoms with van der Waals surface area (Å²) < 4.78 is 11.1. The number of likely N-dealkylation sites (tertiary alicyclic amines) is 1. The number of hydrogen-bond donors (Lipinski definition) is 4. The first-order valence-corrected chi connectivity index (χ1v) is 16.7. The average molecular weight is 707 g/mol. The average Bonchev–Trinajstić information content (AvgIpc) is 3.72. The number of aliphatic hydroxyl groups excluding tert-OH is 1. The van der Waals surface area contributed by atoms with Crippen LogP contribution in [-0.2, 0) is 17.9 Å². The highest BCUT2D eigenvalue weighted by Gasteiger charge is 2.24. The first kappa shape index (κ1) is 34.5. The molecule has 14 heteroatoms. The Bertz CT molecular complexity index is 1860. The number of anilines is 1. The number of carbonyl (C=O) groups is 2.